The third kappa shape index (κ3) is 11.2. The normalized spacial score (nSPS) is 27.8. The number of nitrogens with one attached hydrogen (secondary N) is 3. The maximum absolute atomic E-state index is 13.8. The van der Waals surface area contributed by atoms with Crippen molar-refractivity contribution in [1.29, 1.82) is 0 Å². The molecule has 2 bridgehead atoms. The van der Waals surface area contributed by atoms with Crippen LogP contribution in [0.1, 0.15) is 171 Å². The summed E-state index contributed by atoms with van der Waals surface area (Å²) < 4.78 is 13.1. The molecular formula is C55H65N5O13. The lowest BCUT2D eigenvalue weighted by molar-refractivity contribution is -0.208. The second-order valence-corrected chi connectivity index (χ2v) is 21.4. The molecule has 4 aliphatic heterocycles. The molecule has 2 saturated heterocycles. The molecule has 7 amide bonds. The number of fused-ring (bicyclic) bond motifs is 4. The molecule has 18 heteroatoms. The van der Waals surface area contributed by atoms with Crippen molar-refractivity contribution in [2.45, 2.75) is 159 Å². The number of amides is 7. The van der Waals surface area contributed by atoms with E-state index in [9.17, 15) is 53.4 Å². The highest BCUT2D eigenvalue weighted by molar-refractivity contribution is 6.25. The SMILES string of the molecule is O=C(O)C[C@H]1C[C@@H](OCCCCCC#Cc2cccc3c2CN(C2CCC(=O)NC2=O)C3=O)CCC1C(CCNc1cccc2c1C(=O)N(C1CCC(=O)NC1=O)C2=O)CCOC12CCCC(CC(=O)O)(C1)C2. The molecular weight excluding hydrogens is 939 g/mol. The summed E-state index contributed by atoms with van der Waals surface area (Å²) in [4.78, 5) is 116. The van der Waals surface area contributed by atoms with Crippen molar-refractivity contribution in [3.8, 4) is 11.8 Å². The molecule has 18 nitrogen and oxygen atoms in total. The van der Waals surface area contributed by atoms with Gasteiger partial charge in [-0.25, -0.2) is 0 Å². The minimum atomic E-state index is -1.09. The second kappa shape index (κ2) is 21.9. The van der Waals surface area contributed by atoms with Crippen LogP contribution in [0.15, 0.2) is 36.4 Å². The Hall–Kier alpha value is -6.45. The number of rotatable bonds is 21. The van der Waals surface area contributed by atoms with Gasteiger partial charge in [-0.15, -0.1) is 0 Å². The van der Waals surface area contributed by atoms with E-state index < -0.39 is 53.6 Å². The minimum absolute atomic E-state index is 0.0116. The van der Waals surface area contributed by atoms with Crippen molar-refractivity contribution < 1.29 is 62.8 Å². The van der Waals surface area contributed by atoms with Gasteiger partial charge in [-0.1, -0.05) is 36.8 Å². The summed E-state index contributed by atoms with van der Waals surface area (Å²) in [5.74, 6) is 1.38. The van der Waals surface area contributed by atoms with Crippen LogP contribution in [0.2, 0.25) is 0 Å². The van der Waals surface area contributed by atoms with Crippen LogP contribution in [0.25, 0.3) is 0 Å². The maximum atomic E-state index is 13.8. The van der Waals surface area contributed by atoms with E-state index in [1.54, 1.807) is 30.3 Å². The fraction of sp³-hybridized carbons (Fsp3) is 0.582. The van der Waals surface area contributed by atoms with Crippen molar-refractivity contribution in [3.63, 3.8) is 0 Å². The largest absolute Gasteiger partial charge is 0.481 e. The minimum Gasteiger partial charge on any atom is -0.481 e. The van der Waals surface area contributed by atoms with Crippen molar-refractivity contribution in [2.24, 2.45) is 23.2 Å². The Labute approximate surface area is 424 Å². The van der Waals surface area contributed by atoms with Gasteiger partial charge in [-0.3, -0.25) is 58.7 Å². The fourth-order valence-corrected chi connectivity index (χ4v) is 13.3. The smallest absolute Gasteiger partial charge is 0.303 e. The van der Waals surface area contributed by atoms with E-state index in [1.165, 1.54) is 4.90 Å². The van der Waals surface area contributed by atoms with E-state index in [4.69, 9.17) is 9.47 Å². The van der Waals surface area contributed by atoms with Crippen LogP contribution in [-0.2, 0) is 44.8 Å². The number of aliphatic carboxylic acids is 2. The highest BCUT2D eigenvalue weighted by Crippen LogP contribution is 2.62. The van der Waals surface area contributed by atoms with Gasteiger partial charge in [0.05, 0.1) is 29.3 Å². The van der Waals surface area contributed by atoms with Gasteiger partial charge >= 0.3 is 11.9 Å². The zero-order valence-corrected chi connectivity index (χ0v) is 41.2. The van der Waals surface area contributed by atoms with Crippen LogP contribution >= 0.6 is 0 Å². The summed E-state index contributed by atoms with van der Waals surface area (Å²) in [5, 5.41) is 27.7. The Morgan fingerprint density at radius 1 is 0.795 bits per heavy atom. The van der Waals surface area contributed by atoms with E-state index in [0.29, 0.717) is 63.1 Å². The Morgan fingerprint density at radius 3 is 2.27 bits per heavy atom. The van der Waals surface area contributed by atoms with E-state index in [2.05, 4.69) is 27.8 Å². The molecule has 8 aliphatic rings. The van der Waals surface area contributed by atoms with E-state index >= 15 is 0 Å². The van der Waals surface area contributed by atoms with Gasteiger partial charge in [0.1, 0.15) is 12.1 Å². The molecule has 0 spiro atoms. The zero-order valence-electron chi connectivity index (χ0n) is 41.2. The van der Waals surface area contributed by atoms with Crippen LogP contribution in [0, 0.1) is 35.0 Å². The standard InChI is InChI=1S/C55H65N5O13/c61-44-18-16-42(49(67)57-44)59-30-40-33(10-6-11-38(40)51(59)69)9-4-2-1-3-5-25-72-36-14-15-37(35(27-36)28-46(63)64)34(21-26-73-55-23-8-22-54(31-55,32-55)29-47(65)66)20-24-56-41-13-7-12-39-48(41)53(71)60(52(39)70)43-17-19-45(62)58-50(43)68/h6-7,10-13,34-37,42-43,56H,1-3,5,8,14-32H2,(H,63,64)(H,65,66)(H,57,61,67)(H,58,62,68)/t34?,35-,36+,37?,42?,43?,54?,55?/m1/s1. The number of ether oxygens (including phenoxy) is 2. The number of hydrogen-bond acceptors (Lipinski definition) is 12. The molecule has 4 heterocycles. The van der Waals surface area contributed by atoms with E-state index in [0.717, 1.165) is 80.2 Å². The first-order valence-corrected chi connectivity index (χ1v) is 26.2. The van der Waals surface area contributed by atoms with Gasteiger partial charge < -0.3 is 29.9 Å². The average molecular weight is 1000 g/mol. The summed E-state index contributed by atoms with van der Waals surface area (Å²) in [5.41, 5.74) is 2.33. The molecule has 388 valence electrons. The topological polar surface area (TPSA) is 255 Å². The molecule has 73 heavy (non-hydrogen) atoms. The van der Waals surface area contributed by atoms with E-state index in [-0.39, 0.29) is 96.5 Å². The van der Waals surface area contributed by atoms with Gasteiger partial charge in [0.15, 0.2) is 0 Å². The first kappa shape index (κ1) is 51.5. The third-order valence-electron chi connectivity index (χ3n) is 16.6. The molecule has 2 aromatic carbocycles. The lowest BCUT2D eigenvalue weighted by Crippen LogP contribution is -2.57. The summed E-state index contributed by atoms with van der Waals surface area (Å²) in [6, 6.07) is 8.60. The second-order valence-electron chi connectivity index (χ2n) is 21.4. The monoisotopic (exact) mass is 1000 g/mol. The lowest BCUT2D eigenvalue weighted by atomic mass is 9.50. The molecule has 5 N–H and O–H groups in total. The van der Waals surface area contributed by atoms with Gasteiger partial charge in [0.2, 0.25) is 23.6 Å². The Morgan fingerprint density at radius 2 is 1.53 bits per heavy atom. The third-order valence-corrected chi connectivity index (χ3v) is 16.6. The van der Waals surface area contributed by atoms with Crippen LogP contribution in [-0.4, -0.2) is 117 Å². The van der Waals surface area contributed by atoms with Gasteiger partial charge in [0, 0.05) is 68.8 Å². The number of hydrogen-bond donors (Lipinski definition) is 5. The summed E-state index contributed by atoms with van der Waals surface area (Å²) >= 11 is 0. The first-order valence-electron chi connectivity index (χ1n) is 26.2. The first-order chi connectivity index (χ1) is 35.1. The average Bonchev–Trinajstić information content (AvgIpc) is 3.80. The molecule has 4 aliphatic carbocycles. The number of imide groups is 3. The van der Waals surface area contributed by atoms with Crippen molar-refractivity contribution >= 4 is 59.0 Å². The predicted molar refractivity (Wildman–Crippen MR) is 261 cm³/mol. The van der Waals surface area contributed by atoms with E-state index in [1.807, 2.05) is 6.07 Å². The number of carboxylic acid groups (broad SMARTS) is 2. The van der Waals surface area contributed by atoms with Crippen molar-refractivity contribution in [1.82, 2.24) is 20.4 Å². The molecule has 10 rings (SSSR count). The predicted octanol–water partition coefficient (Wildman–Crippen LogP) is 5.74. The number of piperidine rings is 2. The highest BCUT2D eigenvalue weighted by atomic mass is 16.5. The molecule has 4 unspecified atom stereocenters. The van der Waals surface area contributed by atoms with Gasteiger partial charge in [-0.2, -0.15) is 0 Å². The van der Waals surface area contributed by atoms with Crippen LogP contribution in [0.3, 0.4) is 0 Å². The fourth-order valence-electron chi connectivity index (χ4n) is 13.3. The molecule has 6 fully saturated rings. The van der Waals surface area contributed by atoms with Gasteiger partial charge in [0.25, 0.3) is 17.7 Å². The zero-order chi connectivity index (χ0) is 51.4. The number of anilines is 1. The maximum Gasteiger partial charge on any atom is 0.303 e. The number of unbranched alkanes of at least 4 members (excludes halogenated alkanes) is 3. The quantitative estimate of drug-likeness (QED) is 0.0568. The number of benzene rings is 2. The van der Waals surface area contributed by atoms with Crippen LogP contribution in [0.4, 0.5) is 5.69 Å². The van der Waals surface area contributed by atoms with Crippen molar-refractivity contribution in [2.75, 3.05) is 25.1 Å². The van der Waals surface area contributed by atoms with Crippen LogP contribution in [0.5, 0.6) is 0 Å². The highest BCUT2D eigenvalue weighted by Gasteiger charge is 2.58. The van der Waals surface area contributed by atoms with Crippen LogP contribution < -0.4 is 16.0 Å². The molecule has 6 atom stereocenters. The summed E-state index contributed by atoms with van der Waals surface area (Å²) in [6.07, 6.45) is 11.3. The number of carbonyl (C=O) groups excluding carboxylic acids is 7. The molecule has 0 aromatic heterocycles. The number of nitrogens with zero attached hydrogens (tertiary/aromatic N) is 2. The molecule has 2 aromatic rings. The Bertz CT molecular complexity index is 2630. The molecule has 0 radical (unpaired) electrons. The summed E-state index contributed by atoms with van der Waals surface area (Å²) in [7, 11) is 0. The molecule has 4 saturated carbocycles. The number of carbonyl (C=O) groups is 9. The number of carboxylic acids is 2. The Balaban J connectivity index is 0.790. The Kier molecular flexibility index (Phi) is 15.5. The summed E-state index contributed by atoms with van der Waals surface area (Å²) in [6.45, 7) is 1.65. The van der Waals surface area contributed by atoms with Gasteiger partial charge in [-0.05, 0) is 136 Å². The lowest BCUT2D eigenvalue weighted by Gasteiger charge is -2.60. The van der Waals surface area contributed by atoms with Crippen molar-refractivity contribution in [3.05, 3.63) is 64.2 Å².